The Hall–Kier alpha value is -2.58. The van der Waals surface area contributed by atoms with Gasteiger partial charge in [-0.2, -0.15) is 4.98 Å². The molecule has 2 aromatic rings. The van der Waals surface area contributed by atoms with E-state index in [2.05, 4.69) is 20.4 Å². The highest BCUT2D eigenvalue weighted by Crippen LogP contribution is 2.23. The molecule has 1 aromatic heterocycles. The third-order valence-electron chi connectivity index (χ3n) is 4.72. The van der Waals surface area contributed by atoms with Crippen LogP contribution in [0, 0.1) is 0 Å². The van der Waals surface area contributed by atoms with Crippen molar-refractivity contribution >= 4 is 11.8 Å². The Labute approximate surface area is 144 Å². The van der Waals surface area contributed by atoms with Gasteiger partial charge >= 0.3 is 0 Å². The number of amides is 2. The number of piperazine rings is 1. The second-order valence-corrected chi connectivity index (χ2v) is 6.30. The molecule has 0 aliphatic carbocycles. The first-order chi connectivity index (χ1) is 12.1. The number of nitrogens with zero attached hydrogens (tertiary/aromatic N) is 4. The first-order valence-electron chi connectivity index (χ1n) is 8.34. The number of hydrogen-bond donors (Lipinski definition) is 1. The van der Waals surface area contributed by atoms with E-state index in [9.17, 15) is 9.59 Å². The van der Waals surface area contributed by atoms with Gasteiger partial charge in [-0.05, 0) is 19.2 Å². The van der Waals surface area contributed by atoms with Crippen LogP contribution in [0.2, 0.25) is 0 Å². The first kappa shape index (κ1) is 15.9. The van der Waals surface area contributed by atoms with Crippen molar-refractivity contribution in [3.8, 4) is 0 Å². The van der Waals surface area contributed by atoms with Gasteiger partial charge in [0.2, 0.25) is 5.89 Å². The minimum Gasteiger partial charge on any atom is -0.339 e. The number of carbonyl (C=O) groups excluding carboxylic acids is 2. The van der Waals surface area contributed by atoms with Gasteiger partial charge in [-0.3, -0.25) is 19.4 Å². The molecular formula is C17H19N5O3. The third-order valence-corrected chi connectivity index (χ3v) is 4.72. The molecular weight excluding hydrogens is 322 g/mol. The van der Waals surface area contributed by atoms with Gasteiger partial charge in [0.05, 0.1) is 17.2 Å². The quantitative estimate of drug-likeness (QED) is 0.809. The van der Waals surface area contributed by atoms with Crippen LogP contribution in [0.4, 0.5) is 0 Å². The lowest BCUT2D eigenvalue weighted by atomic mass is 10.1. The zero-order chi connectivity index (χ0) is 17.4. The average Bonchev–Trinajstić information content (AvgIpc) is 3.19. The van der Waals surface area contributed by atoms with Crippen molar-refractivity contribution in [3.63, 3.8) is 0 Å². The van der Waals surface area contributed by atoms with Crippen LogP contribution in [-0.2, 0) is 6.42 Å². The summed E-state index contributed by atoms with van der Waals surface area (Å²) in [6.45, 7) is 2.86. The van der Waals surface area contributed by atoms with Crippen LogP contribution < -0.4 is 5.32 Å². The minimum atomic E-state index is -0.267. The maximum absolute atomic E-state index is 12.3. The molecule has 8 heteroatoms. The van der Waals surface area contributed by atoms with E-state index in [0.29, 0.717) is 29.3 Å². The number of rotatable bonds is 4. The van der Waals surface area contributed by atoms with Gasteiger partial charge < -0.3 is 9.84 Å². The van der Waals surface area contributed by atoms with Crippen LogP contribution in [0.3, 0.4) is 0 Å². The van der Waals surface area contributed by atoms with E-state index in [1.807, 2.05) is 7.05 Å². The Morgan fingerprint density at radius 1 is 1.24 bits per heavy atom. The summed E-state index contributed by atoms with van der Waals surface area (Å²) < 4.78 is 5.31. The molecule has 0 spiro atoms. The number of hydrogen-bond acceptors (Lipinski definition) is 7. The SMILES string of the molecule is CN1CCNCC1c1noc(CCN2C(=O)c3ccccc3C2=O)n1. The zero-order valence-electron chi connectivity index (χ0n) is 13.9. The summed E-state index contributed by atoms with van der Waals surface area (Å²) in [6, 6.07) is 6.93. The summed E-state index contributed by atoms with van der Waals surface area (Å²) in [5.41, 5.74) is 0.905. The highest BCUT2D eigenvalue weighted by Gasteiger charge is 2.35. The second kappa shape index (κ2) is 6.38. The molecule has 1 aromatic carbocycles. The lowest BCUT2D eigenvalue weighted by Gasteiger charge is -2.30. The number of carbonyl (C=O) groups is 2. The molecule has 8 nitrogen and oxygen atoms in total. The molecule has 1 unspecified atom stereocenters. The molecule has 130 valence electrons. The summed E-state index contributed by atoms with van der Waals surface area (Å²) in [6.07, 6.45) is 0.350. The van der Waals surface area contributed by atoms with Gasteiger partial charge in [-0.25, -0.2) is 0 Å². The van der Waals surface area contributed by atoms with Gasteiger partial charge in [0.15, 0.2) is 5.82 Å². The Morgan fingerprint density at radius 2 is 1.96 bits per heavy atom. The molecule has 4 rings (SSSR count). The van der Waals surface area contributed by atoms with E-state index in [1.165, 1.54) is 4.90 Å². The number of fused-ring (bicyclic) bond motifs is 1. The normalized spacial score (nSPS) is 21.0. The van der Waals surface area contributed by atoms with Crippen molar-refractivity contribution in [1.29, 1.82) is 0 Å². The molecule has 1 N–H and O–H groups in total. The molecule has 25 heavy (non-hydrogen) atoms. The highest BCUT2D eigenvalue weighted by molar-refractivity contribution is 6.21. The number of imide groups is 1. The van der Waals surface area contributed by atoms with E-state index in [1.54, 1.807) is 24.3 Å². The fraction of sp³-hybridized carbons (Fsp3) is 0.412. The Morgan fingerprint density at radius 3 is 2.64 bits per heavy atom. The fourth-order valence-corrected chi connectivity index (χ4v) is 3.25. The van der Waals surface area contributed by atoms with Gasteiger partial charge in [-0.15, -0.1) is 0 Å². The first-order valence-corrected chi connectivity index (χ1v) is 8.34. The van der Waals surface area contributed by atoms with Gasteiger partial charge in [0, 0.05) is 32.6 Å². The van der Waals surface area contributed by atoms with Gasteiger partial charge in [0.25, 0.3) is 11.8 Å². The van der Waals surface area contributed by atoms with Crippen LogP contribution in [0.15, 0.2) is 28.8 Å². The standard InChI is InChI=1S/C17H19N5O3/c1-21-9-7-18-10-13(21)15-19-14(25-20-15)6-8-22-16(23)11-4-2-3-5-12(11)17(22)24/h2-5,13,18H,6-10H2,1H3. The maximum atomic E-state index is 12.3. The van der Waals surface area contributed by atoms with E-state index in [-0.39, 0.29) is 24.4 Å². The Balaban J connectivity index is 1.43. The van der Waals surface area contributed by atoms with E-state index < -0.39 is 0 Å². The topological polar surface area (TPSA) is 91.6 Å². The summed E-state index contributed by atoms with van der Waals surface area (Å²) in [5.74, 6) is 0.533. The van der Waals surface area contributed by atoms with Crippen LogP contribution in [-0.4, -0.2) is 65.0 Å². The van der Waals surface area contributed by atoms with Gasteiger partial charge in [0.1, 0.15) is 0 Å². The third kappa shape index (κ3) is 2.83. The summed E-state index contributed by atoms with van der Waals surface area (Å²) in [4.78, 5) is 32.5. The fourth-order valence-electron chi connectivity index (χ4n) is 3.25. The van der Waals surface area contributed by atoms with Crippen LogP contribution in [0.25, 0.3) is 0 Å². The minimum absolute atomic E-state index is 0.0746. The zero-order valence-corrected chi connectivity index (χ0v) is 13.9. The lowest BCUT2D eigenvalue weighted by molar-refractivity contribution is 0.0653. The summed E-state index contributed by atoms with van der Waals surface area (Å²) in [7, 11) is 2.03. The summed E-state index contributed by atoms with van der Waals surface area (Å²) in [5, 5.41) is 7.37. The predicted molar refractivity (Wildman–Crippen MR) is 88.1 cm³/mol. The smallest absolute Gasteiger partial charge is 0.261 e. The molecule has 0 bridgehead atoms. The van der Waals surface area contributed by atoms with Crippen molar-refractivity contribution < 1.29 is 14.1 Å². The summed E-state index contributed by atoms with van der Waals surface area (Å²) >= 11 is 0. The molecule has 0 saturated carbocycles. The van der Waals surface area contributed by atoms with E-state index >= 15 is 0 Å². The Bertz CT molecular complexity index is 783. The average molecular weight is 341 g/mol. The molecule has 2 aliphatic rings. The van der Waals surface area contributed by atoms with Crippen molar-refractivity contribution in [2.24, 2.45) is 0 Å². The molecule has 0 radical (unpaired) electrons. The molecule has 1 saturated heterocycles. The number of likely N-dealkylation sites (N-methyl/N-ethyl adjacent to an activating group) is 1. The highest BCUT2D eigenvalue weighted by atomic mass is 16.5. The molecule has 1 fully saturated rings. The van der Waals surface area contributed by atoms with Gasteiger partial charge in [-0.1, -0.05) is 17.3 Å². The number of aromatic nitrogens is 2. The van der Waals surface area contributed by atoms with Crippen molar-refractivity contribution in [2.45, 2.75) is 12.5 Å². The molecule has 1 atom stereocenters. The predicted octanol–water partition coefficient (Wildman–Crippen LogP) is 0.484. The van der Waals surface area contributed by atoms with Crippen LogP contribution in [0.1, 0.15) is 38.5 Å². The largest absolute Gasteiger partial charge is 0.339 e. The monoisotopic (exact) mass is 341 g/mol. The van der Waals surface area contributed by atoms with Crippen molar-refractivity contribution in [3.05, 3.63) is 47.1 Å². The van der Waals surface area contributed by atoms with Crippen molar-refractivity contribution in [1.82, 2.24) is 25.3 Å². The maximum Gasteiger partial charge on any atom is 0.261 e. The molecule has 2 aliphatic heterocycles. The number of benzene rings is 1. The van der Waals surface area contributed by atoms with E-state index in [0.717, 1.165) is 19.6 Å². The Kier molecular flexibility index (Phi) is 4.06. The molecule has 2 amide bonds. The van der Waals surface area contributed by atoms with Crippen molar-refractivity contribution in [2.75, 3.05) is 33.2 Å². The number of nitrogens with one attached hydrogen (secondary N) is 1. The van der Waals surface area contributed by atoms with E-state index in [4.69, 9.17) is 4.52 Å². The molecule has 3 heterocycles. The lowest BCUT2D eigenvalue weighted by Crippen LogP contribution is -2.44. The second-order valence-electron chi connectivity index (χ2n) is 6.30. The van der Waals surface area contributed by atoms with Crippen LogP contribution in [0.5, 0.6) is 0 Å². The van der Waals surface area contributed by atoms with Crippen LogP contribution >= 0.6 is 0 Å².